The lowest BCUT2D eigenvalue weighted by molar-refractivity contribution is 0.415. The Balaban J connectivity index is 2.56. The molecule has 1 aromatic heterocycles. The summed E-state index contributed by atoms with van der Waals surface area (Å²) in [7, 11) is 1.60. The van der Waals surface area contributed by atoms with Crippen LogP contribution in [0.2, 0.25) is 5.02 Å². The summed E-state index contributed by atoms with van der Waals surface area (Å²) >= 11 is 6.16. The summed E-state index contributed by atoms with van der Waals surface area (Å²) in [6.45, 7) is 4.37. The van der Waals surface area contributed by atoms with E-state index in [-0.39, 0.29) is 0 Å². The summed E-state index contributed by atoms with van der Waals surface area (Å²) in [6.07, 6.45) is 0. The number of nitrogens with zero attached hydrogens (tertiary/aromatic N) is 1. The van der Waals surface area contributed by atoms with Gasteiger partial charge >= 0.3 is 0 Å². The van der Waals surface area contributed by atoms with Gasteiger partial charge in [0, 0.05) is 11.3 Å². The minimum absolute atomic E-state index is 0.393. The first-order valence-corrected chi connectivity index (χ1v) is 6.04. The number of imidazole rings is 1. The van der Waals surface area contributed by atoms with Crippen LogP contribution in [-0.4, -0.2) is 17.1 Å². The van der Waals surface area contributed by atoms with Gasteiger partial charge in [0.25, 0.3) is 0 Å². The number of halogens is 1. The van der Waals surface area contributed by atoms with Crippen molar-refractivity contribution in [1.82, 2.24) is 9.97 Å². The van der Waals surface area contributed by atoms with E-state index in [4.69, 9.17) is 22.1 Å². The fourth-order valence-electron chi connectivity index (χ4n) is 1.95. The van der Waals surface area contributed by atoms with Gasteiger partial charge in [0.05, 0.1) is 24.4 Å². The van der Waals surface area contributed by atoms with Gasteiger partial charge in [-0.1, -0.05) is 11.6 Å². The molecule has 4 nitrogen and oxygen atoms in total. The van der Waals surface area contributed by atoms with Gasteiger partial charge in [-0.25, -0.2) is 4.98 Å². The molecule has 0 atom stereocenters. The highest BCUT2D eigenvalue weighted by molar-refractivity contribution is 6.32. The molecule has 3 N–H and O–H groups in total. The summed E-state index contributed by atoms with van der Waals surface area (Å²) in [6, 6.07) is 3.78. The van der Waals surface area contributed by atoms with Crippen LogP contribution in [0.4, 0.5) is 0 Å². The molecule has 0 fully saturated rings. The minimum atomic E-state index is 0.393. The molecule has 0 bridgehead atoms. The lowest BCUT2D eigenvalue weighted by Gasteiger charge is -2.09. The number of benzene rings is 1. The molecule has 0 spiro atoms. The number of nitrogens with two attached hydrogens (primary N) is 1. The number of hydrogen-bond acceptors (Lipinski definition) is 3. The molecular formula is C13H16ClN3O. The maximum atomic E-state index is 6.16. The maximum absolute atomic E-state index is 6.16. The quantitative estimate of drug-likeness (QED) is 0.897. The first-order valence-electron chi connectivity index (χ1n) is 5.67. The van der Waals surface area contributed by atoms with Crippen molar-refractivity contribution in [3.8, 4) is 17.0 Å². The van der Waals surface area contributed by atoms with Gasteiger partial charge in [0.1, 0.15) is 11.6 Å². The van der Waals surface area contributed by atoms with Gasteiger partial charge in [0.2, 0.25) is 0 Å². The van der Waals surface area contributed by atoms with Crippen molar-refractivity contribution < 1.29 is 4.74 Å². The van der Waals surface area contributed by atoms with E-state index < -0.39 is 0 Å². The number of methoxy groups -OCH3 is 1. The molecule has 0 saturated heterocycles. The Bertz CT molecular complexity index is 578. The number of aromatic nitrogens is 2. The number of ether oxygens (including phenoxy) is 1. The molecule has 2 aromatic rings. The van der Waals surface area contributed by atoms with Crippen molar-refractivity contribution in [2.75, 3.05) is 7.11 Å². The normalized spacial score (nSPS) is 10.7. The second-order valence-corrected chi connectivity index (χ2v) is 4.57. The first-order chi connectivity index (χ1) is 8.56. The van der Waals surface area contributed by atoms with E-state index in [9.17, 15) is 0 Å². The maximum Gasteiger partial charge on any atom is 0.137 e. The van der Waals surface area contributed by atoms with E-state index >= 15 is 0 Å². The largest absolute Gasteiger partial charge is 0.495 e. The van der Waals surface area contributed by atoms with Crippen LogP contribution in [-0.2, 0) is 6.54 Å². The van der Waals surface area contributed by atoms with E-state index in [1.54, 1.807) is 7.11 Å². The zero-order chi connectivity index (χ0) is 13.3. The Hall–Kier alpha value is -1.52. The molecule has 5 heteroatoms. The summed E-state index contributed by atoms with van der Waals surface area (Å²) in [5.41, 5.74) is 9.52. The van der Waals surface area contributed by atoms with Gasteiger partial charge in [0.15, 0.2) is 0 Å². The van der Waals surface area contributed by atoms with Crippen LogP contribution in [0.3, 0.4) is 0 Å². The number of hydrogen-bond donors (Lipinski definition) is 2. The molecule has 0 aliphatic heterocycles. The number of aromatic amines is 1. The zero-order valence-electron chi connectivity index (χ0n) is 10.7. The highest BCUT2D eigenvalue weighted by Gasteiger charge is 2.13. The molecule has 2 rings (SSSR count). The average molecular weight is 266 g/mol. The standard InChI is InChI=1S/C13H16ClN3O/c1-7-4-11(18-3)10(14)5-9(7)13-8(2)16-12(6-15)17-13/h4-5H,6,15H2,1-3H3,(H,16,17). The molecule has 0 radical (unpaired) electrons. The molecule has 0 unspecified atom stereocenters. The Morgan fingerprint density at radius 2 is 2.11 bits per heavy atom. The lowest BCUT2D eigenvalue weighted by Crippen LogP contribution is -1.98. The third-order valence-electron chi connectivity index (χ3n) is 2.88. The van der Waals surface area contributed by atoms with Crippen molar-refractivity contribution >= 4 is 11.6 Å². The predicted octanol–water partition coefficient (Wildman–Crippen LogP) is 2.81. The van der Waals surface area contributed by atoms with Gasteiger partial charge in [-0.2, -0.15) is 0 Å². The van der Waals surface area contributed by atoms with Crippen LogP contribution in [0.1, 0.15) is 17.1 Å². The summed E-state index contributed by atoms with van der Waals surface area (Å²) in [5, 5.41) is 0.579. The lowest BCUT2D eigenvalue weighted by atomic mass is 10.0. The van der Waals surface area contributed by atoms with Crippen LogP contribution < -0.4 is 10.5 Å². The molecule has 18 heavy (non-hydrogen) atoms. The third-order valence-corrected chi connectivity index (χ3v) is 3.18. The van der Waals surface area contributed by atoms with Crippen molar-refractivity contribution in [3.63, 3.8) is 0 Å². The van der Waals surface area contributed by atoms with E-state index in [1.807, 2.05) is 26.0 Å². The minimum Gasteiger partial charge on any atom is -0.495 e. The number of rotatable bonds is 3. The molecule has 0 aliphatic rings. The van der Waals surface area contributed by atoms with Crippen molar-refractivity contribution in [3.05, 3.63) is 34.2 Å². The topological polar surface area (TPSA) is 63.9 Å². The smallest absolute Gasteiger partial charge is 0.137 e. The summed E-state index contributed by atoms with van der Waals surface area (Å²) in [5.74, 6) is 1.44. The van der Waals surface area contributed by atoms with E-state index in [1.165, 1.54) is 0 Å². The van der Waals surface area contributed by atoms with Crippen LogP contribution in [0.5, 0.6) is 5.75 Å². The van der Waals surface area contributed by atoms with Crippen LogP contribution in [0, 0.1) is 13.8 Å². The highest BCUT2D eigenvalue weighted by Crippen LogP contribution is 2.33. The van der Waals surface area contributed by atoms with Gasteiger partial charge in [-0.05, 0) is 31.5 Å². The number of H-pyrrole nitrogens is 1. The monoisotopic (exact) mass is 265 g/mol. The van der Waals surface area contributed by atoms with Crippen molar-refractivity contribution in [2.45, 2.75) is 20.4 Å². The molecule has 0 amide bonds. The Morgan fingerprint density at radius 3 is 2.67 bits per heavy atom. The predicted molar refractivity (Wildman–Crippen MR) is 73.0 cm³/mol. The third kappa shape index (κ3) is 2.21. The highest BCUT2D eigenvalue weighted by atomic mass is 35.5. The van der Waals surface area contributed by atoms with Crippen LogP contribution >= 0.6 is 11.6 Å². The number of nitrogens with one attached hydrogen (secondary N) is 1. The molecular weight excluding hydrogens is 250 g/mol. The summed E-state index contributed by atoms with van der Waals surface area (Å²) in [4.78, 5) is 7.63. The second-order valence-electron chi connectivity index (χ2n) is 4.16. The number of aryl methyl sites for hydroxylation is 2. The zero-order valence-corrected chi connectivity index (χ0v) is 11.4. The molecule has 1 heterocycles. The Labute approximate surface area is 111 Å². The van der Waals surface area contributed by atoms with E-state index in [0.717, 1.165) is 28.3 Å². The average Bonchev–Trinajstić information content (AvgIpc) is 2.73. The van der Waals surface area contributed by atoms with Crippen molar-refractivity contribution in [2.24, 2.45) is 5.73 Å². The van der Waals surface area contributed by atoms with E-state index in [2.05, 4.69) is 9.97 Å². The van der Waals surface area contributed by atoms with Crippen LogP contribution in [0.25, 0.3) is 11.3 Å². The van der Waals surface area contributed by atoms with E-state index in [0.29, 0.717) is 17.3 Å². The Morgan fingerprint density at radius 1 is 1.39 bits per heavy atom. The SMILES string of the molecule is COc1cc(C)c(-c2nc(CN)[nH]c2C)cc1Cl. The fraction of sp³-hybridized carbons (Fsp3) is 0.308. The van der Waals surface area contributed by atoms with Gasteiger partial charge < -0.3 is 15.5 Å². The summed E-state index contributed by atoms with van der Waals surface area (Å²) < 4.78 is 5.19. The Kier molecular flexibility index (Phi) is 3.59. The van der Waals surface area contributed by atoms with Crippen molar-refractivity contribution in [1.29, 1.82) is 0 Å². The van der Waals surface area contributed by atoms with Gasteiger partial charge in [-0.3, -0.25) is 0 Å². The molecule has 0 saturated carbocycles. The molecule has 1 aromatic carbocycles. The van der Waals surface area contributed by atoms with Crippen LogP contribution in [0.15, 0.2) is 12.1 Å². The fourth-order valence-corrected chi connectivity index (χ4v) is 2.19. The second kappa shape index (κ2) is 5.00. The first kappa shape index (κ1) is 12.9. The molecule has 0 aliphatic carbocycles. The molecule has 96 valence electrons. The van der Waals surface area contributed by atoms with Gasteiger partial charge in [-0.15, -0.1) is 0 Å².